The van der Waals surface area contributed by atoms with Crippen molar-refractivity contribution in [2.45, 2.75) is 45.2 Å². The third-order valence-corrected chi connectivity index (χ3v) is 3.35. The second kappa shape index (κ2) is 5.02. The van der Waals surface area contributed by atoms with Gasteiger partial charge in [0.25, 0.3) is 0 Å². The van der Waals surface area contributed by atoms with Gasteiger partial charge in [0, 0.05) is 6.04 Å². The molecule has 0 radical (unpaired) electrons. The van der Waals surface area contributed by atoms with E-state index in [1.807, 2.05) is 13.0 Å². The maximum Gasteiger partial charge on any atom is 0.122 e. The summed E-state index contributed by atoms with van der Waals surface area (Å²) in [6, 6.07) is 4.60. The van der Waals surface area contributed by atoms with E-state index in [-0.39, 0.29) is 12.1 Å². The molecule has 3 nitrogen and oxygen atoms in total. The van der Waals surface area contributed by atoms with Crippen LogP contribution in [0.5, 0.6) is 0 Å². The summed E-state index contributed by atoms with van der Waals surface area (Å²) in [5.41, 5.74) is 6.24. The minimum absolute atomic E-state index is 0.214. The SMILES string of the molecule is CCCN1CCCC(N)C1c1ccc(C)o1. The average molecular weight is 222 g/mol. The Labute approximate surface area is 97.6 Å². The zero-order valence-corrected chi connectivity index (χ0v) is 10.3. The number of nitrogens with zero attached hydrogens (tertiary/aromatic N) is 1. The van der Waals surface area contributed by atoms with Gasteiger partial charge in [-0.2, -0.15) is 0 Å². The topological polar surface area (TPSA) is 42.4 Å². The van der Waals surface area contributed by atoms with Gasteiger partial charge in [0.1, 0.15) is 11.5 Å². The van der Waals surface area contributed by atoms with Crippen molar-refractivity contribution >= 4 is 0 Å². The van der Waals surface area contributed by atoms with E-state index in [9.17, 15) is 0 Å². The van der Waals surface area contributed by atoms with Crippen molar-refractivity contribution in [3.63, 3.8) is 0 Å². The van der Waals surface area contributed by atoms with Crippen LogP contribution in [0.15, 0.2) is 16.5 Å². The van der Waals surface area contributed by atoms with Crippen LogP contribution < -0.4 is 5.73 Å². The fourth-order valence-electron chi connectivity index (χ4n) is 2.64. The van der Waals surface area contributed by atoms with Crippen molar-refractivity contribution in [1.82, 2.24) is 4.90 Å². The standard InChI is InChI=1S/C13H22N2O/c1-3-8-15-9-4-5-11(14)13(15)12-7-6-10(2)16-12/h6-7,11,13H,3-5,8-9,14H2,1-2H3. The predicted molar refractivity (Wildman–Crippen MR) is 65.3 cm³/mol. The highest BCUT2D eigenvalue weighted by molar-refractivity contribution is 5.13. The number of furan rings is 1. The van der Waals surface area contributed by atoms with E-state index >= 15 is 0 Å². The molecule has 0 bridgehead atoms. The summed E-state index contributed by atoms with van der Waals surface area (Å²) in [6.45, 7) is 6.46. The van der Waals surface area contributed by atoms with Crippen LogP contribution in [0, 0.1) is 6.92 Å². The molecule has 1 aromatic heterocycles. The van der Waals surface area contributed by atoms with Crippen molar-refractivity contribution < 1.29 is 4.42 Å². The van der Waals surface area contributed by atoms with Gasteiger partial charge in [-0.3, -0.25) is 4.90 Å². The van der Waals surface area contributed by atoms with Gasteiger partial charge in [-0.15, -0.1) is 0 Å². The van der Waals surface area contributed by atoms with E-state index in [0.29, 0.717) is 0 Å². The Kier molecular flexibility index (Phi) is 3.66. The largest absolute Gasteiger partial charge is 0.465 e. The zero-order valence-electron chi connectivity index (χ0n) is 10.3. The molecule has 1 aliphatic rings. The highest BCUT2D eigenvalue weighted by atomic mass is 16.3. The molecule has 0 saturated carbocycles. The monoisotopic (exact) mass is 222 g/mol. The summed E-state index contributed by atoms with van der Waals surface area (Å²) in [7, 11) is 0. The number of rotatable bonds is 3. The Morgan fingerprint density at radius 2 is 2.31 bits per heavy atom. The van der Waals surface area contributed by atoms with Crippen LogP contribution in [0.4, 0.5) is 0 Å². The van der Waals surface area contributed by atoms with E-state index in [1.165, 1.54) is 12.8 Å². The van der Waals surface area contributed by atoms with Crippen LogP contribution in [0.25, 0.3) is 0 Å². The summed E-state index contributed by atoms with van der Waals surface area (Å²) in [5, 5.41) is 0. The molecule has 0 aliphatic carbocycles. The first kappa shape index (κ1) is 11.7. The van der Waals surface area contributed by atoms with Gasteiger partial charge in [-0.25, -0.2) is 0 Å². The van der Waals surface area contributed by atoms with Crippen LogP contribution in [-0.4, -0.2) is 24.0 Å². The van der Waals surface area contributed by atoms with Crippen LogP contribution in [0.3, 0.4) is 0 Å². The smallest absolute Gasteiger partial charge is 0.122 e. The number of hydrogen-bond acceptors (Lipinski definition) is 3. The van der Waals surface area contributed by atoms with Crippen molar-refractivity contribution in [2.75, 3.05) is 13.1 Å². The highest BCUT2D eigenvalue weighted by Gasteiger charge is 2.31. The molecule has 90 valence electrons. The first-order valence-corrected chi connectivity index (χ1v) is 6.28. The third-order valence-electron chi connectivity index (χ3n) is 3.35. The number of aryl methyl sites for hydroxylation is 1. The molecular formula is C13H22N2O. The lowest BCUT2D eigenvalue weighted by molar-refractivity contribution is 0.110. The number of hydrogen-bond donors (Lipinski definition) is 1. The summed E-state index contributed by atoms with van der Waals surface area (Å²) in [4.78, 5) is 2.46. The number of likely N-dealkylation sites (tertiary alicyclic amines) is 1. The van der Waals surface area contributed by atoms with Crippen molar-refractivity contribution in [2.24, 2.45) is 5.73 Å². The van der Waals surface area contributed by atoms with Gasteiger partial charge in [-0.1, -0.05) is 6.92 Å². The molecular weight excluding hydrogens is 200 g/mol. The predicted octanol–water partition coefficient (Wildman–Crippen LogP) is 2.46. The maximum absolute atomic E-state index is 6.24. The molecule has 2 rings (SSSR count). The lowest BCUT2D eigenvalue weighted by Crippen LogP contribution is -2.45. The van der Waals surface area contributed by atoms with Crippen LogP contribution in [0.2, 0.25) is 0 Å². The number of nitrogens with two attached hydrogens (primary N) is 1. The molecule has 2 N–H and O–H groups in total. The molecule has 2 atom stereocenters. The normalized spacial score (nSPS) is 27.2. The second-order valence-corrected chi connectivity index (χ2v) is 4.74. The Morgan fingerprint density at radius 1 is 1.50 bits per heavy atom. The zero-order chi connectivity index (χ0) is 11.5. The first-order chi connectivity index (χ1) is 7.72. The minimum Gasteiger partial charge on any atom is -0.465 e. The summed E-state index contributed by atoms with van der Waals surface area (Å²) >= 11 is 0. The lowest BCUT2D eigenvalue weighted by Gasteiger charge is -2.38. The molecule has 1 aromatic rings. The Bertz CT molecular complexity index is 332. The quantitative estimate of drug-likeness (QED) is 0.854. The Hall–Kier alpha value is -0.800. The van der Waals surface area contributed by atoms with E-state index < -0.39 is 0 Å². The van der Waals surface area contributed by atoms with Gasteiger partial charge < -0.3 is 10.2 Å². The maximum atomic E-state index is 6.24. The average Bonchev–Trinajstić information content (AvgIpc) is 2.65. The molecule has 1 aliphatic heterocycles. The summed E-state index contributed by atoms with van der Waals surface area (Å²) in [6.07, 6.45) is 3.48. The molecule has 16 heavy (non-hydrogen) atoms. The van der Waals surface area contributed by atoms with Gasteiger partial charge in [-0.05, 0) is 51.4 Å². The first-order valence-electron chi connectivity index (χ1n) is 6.28. The minimum atomic E-state index is 0.214. The Balaban J connectivity index is 2.18. The fraction of sp³-hybridized carbons (Fsp3) is 0.692. The summed E-state index contributed by atoms with van der Waals surface area (Å²) < 4.78 is 5.75. The molecule has 1 fully saturated rings. The van der Waals surface area contributed by atoms with Crippen LogP contribution >= 0.6 is 0 Å². The lowest BCUT2D eigenvalue weighted by atomic mass is 9.95. The van der Waals surface area contributed by atoms with Crippen LogP contribution in [0.1, 0.15) is 43.7 Å². The molecule has 0 aromatic carbocycles. The van der Waals surface area contributed by atoms with Crippen molar-refractivity contribution in [1.29, 1.82) is 0 Å². The van der Waals surface area contributed by atoms with E-state index in [2.05, 4.69) is 17.9 Å². The van der Waals surface area contributed by atoms with Crippen molar-refractivity contribution in [3.8, 4) is 0 Å². The summed E-state index contributed by atoms with van der Waals surface area (Å²) in [5.74, 6) is 2.02. The number of piperidine rings is 1. The van der Waals surface area contributed by atoms with Crippen molar-refractivity contribution in [3.05, 3.63) is 23.7 Å². The van der Waals surface area contributed by atoms with Gasteiger partial charge in [0.2, 0.25) is 0 Å². The molecule has 0 amide bonds. The van der Waals surface area contributed by atoms with E-state index in [1.54, 1.807) is 0 Å². The molecule has 3 heteroatoms. The van der Waals surface area contributed by atoms with E-state index in [0.717, 1.165) is 31.0 Å². The molecule has 2 heterocycles. The third kappa shape index (κ3) is 2.30. The highest BCUT2D eigenvalue weighted by Crippen LogP contribution is 2.31. The Morgan fingerprint density at radius 3 is 2.94 bits per heavy atom. The molecule has 1 saturated heterocycles. The molecule has 0 spiro atoms. The second-order valence-electron chi connectivity index (χ2n) is 4.74. The van der Waals surface area contributed by atoms with Gasteiger partial charge in [0.05, 0.1) is 6.04 Å². The van der Waals surface area contributed by atoms with Gasteiger partial charge >= 0.3 is 0 Å². The fourth-order valence-corrected chi connectivity index (χ4v) is 2.64. The van der Waals surface area contributed by atoms with Crippen LogP contribution in [-0.2, 0) is 0 Å². The van der Waals surface area contributed by atoms with E-state index in [4.69, 9.17) is 10.2 Å². The van der Waals surface area contributed by atoms with Gasteiger partial charge in [0.15, 0.2) is 0 Å². The molecule has 2 unspecified atom stereocenters.